The Labute approximate surface area is 710 Å². The van der Waals surface area contributed by atoms with Gasteiger partial charge in [-0.3, -0.25) is 49.5 Å². The molecule has 0 aliphatic carbocycles. The van der Waals surface area contributed by atoms with E-state index in [-0.39, 0.29) is 50.1 Å². The molecule has 0 fully saturated rings. The Balaban J connectivity index is 0.000000229. The number of carboxylic acid groups (broad SMARTS) is 2. The van der Waals surface area contributed by atoms with Gasteiger partial charge in [0.05, 0.1) is 57.1 Å². The van der Waals surface area contributed by atoms with Gasteiger partial charge in [-0.25, -0.2) is 4.79 Å². The maximum absolute atomic E-state index is 10.8. The summed E-state index contributed by atoms with van der Waals surface area (Å²) in [4.78, 5) is 94.3. The summed E-state index contributed by atoms with van der Waals surface area (Å²) in [5.41, 5.74) is 14.9. The molecule has 0 unspecified atom stereocenters. The van der Waals surface area contributed by atoms with Crippen molar-refractivity contribution in [1.82, 2.24) is 59.8 Å². The van der Waals surface area contributed by atoms with Crippen LogP contribution in [0.2, 0.25) is 0 Å². The number of imidazole rings is 2. The third-order valence-corrected chi connectivity index (χ3v) is 19.3. The fourth-order valence-corrected chi connectivity index (χ4v) is 13.0. The summed E-state index contributed by atoms with van der Waals surface area (Å²) in [5.74, 6) is -0.536. The Bertz CT molecular complexity index is 4320. The van der Waals surface area contributed by atoms with E-state index in [1.807, 2.05) is 73.3 Å². The van der Waals surface area contributed by atoms with Gasteiger partial charge in [0, 0.05) is 67.3 Å². The topological polar surface area (TPSA) is 287 Å². The second kappa shape index (κ2) is 56.1. The van der Waals surface area contributed by atoms with Crippen molar-refractivity contribution in [2.75, 3.05) is 0 Å². The molecule has 12 rings (SSSR count). The van der Waals surface area contributed by atoms with E-state index in [9.17, 15) is 24.3 Å². The number of aromatic carboxylic acids is 2. The quantitative estimate of drug-likeness (QED) is 0.0211. The molecule has 10 aromatic heterocycles. The van der Waals surface area contributed by atoms with Gasteiger partial charge >= 0.3 is 44.9 Å². The van der Waals surface area contributed by atoms with Gasteiger partial charge in [-0.1, -0.05) is 242 Å². The SMILES string of the molecule is CCCCCCCCCc1ccnc(-c2cc(CCCCCCCCC)ccn2)c1.CCCCCCCCCc1ccnc(-c2cc(CCCCCCCCC)ccn2)c1.O=COc1ccnc(-c2cc(C(=O)O)ccn2)c1.O=COc1ccnc(-c2cc(C(=O)[O-])ccn2)c1.[Ru+].[Ru+].c1ccc2[n-]c(-c3nc4ccccc4[n-]3)nc2c1. The van der Waals surface area contributed by atoms with Crippen molar-refractivity contribution in [2.45, 2.75) is 233 Å². The van der Waals surface area contributed by atoms with Crippen LogP contribution in [0.15, 0.2) is 195 Å². The van der Waals surface area contributed by atoms with Crippen LogP contribution in [-0.2, 0) is 74.2 Å². The van der Waals surface area contributed by atoms with Crippen LogP contribution in [0.4, 0.5) is 0 Å². The van der Waals surface area contributed by atoms with E-state index in [0.29, 0.717) is 58.9 Å². The Morgan fingerprint density at radius 3 is 0.888 bits per heavy atom. The van der Waals surface area contributed by atoms with E-state index in [2.05, 4.69) is 146 Å². The molecule has 0 bridgehead atoms. The average Bonchev–Trinajstić information content (AvgIpc) is 1.65. The van der Waals surface area contributed by atoms with Gasteiger partial charge in [0.15, 0.2) is 0 Å². The van der Waals surface area contributed by atoms with Crippen molar-refractivity contribution in [2.24, 2.45) is 0 Å². The van der Waals surface area contributed by atoms with Crippen LogP contribution in [0.1, 0.15) is 250 Å². The molecule has 0 spiro atoms. The first kappa shape index (κ1) is 94.6. The molecular weight excluding hydrogens is 1630 g/mol. The first-order valence-corrected chi connectivity index (χ1v) is 41.1. The number of pyridine rings is 8. The van der Waals surface area contributed by atoms with Crippen molar-refractivity contribution >= 4 is 46.9 Å². The second-order valence-electron chi connectivity index (χ2n) is 28.4. The molecular formula is C94H111N12O8Ru2-. The van der Waals surface area contributed by atoms with Crippen LogP contribution in [0.25, 0.3) is 79.3 Å². The van der Waals surface area contributed by atoms with Gasteiger partial charge in [-0.05, 0) is 181 Å². The van der Waals surface area contributed by atoms with Gasteiger partial charge in [0.25, 0.3) is 12.9 Å². The molecule has 0 saturated heterocycles. The normalized spacial score (nSPS) is 10.6. The molecule has 116 heavy (non-hydrogen) atoms. The number of aromatic nitrogens is 12. The van der Waals surface area contributed by atoms with Crippen molar-refractivity contribution in [1.29, 1.82) is 0 Å². The number of carboxylic acids is 2. The summed E-state index contributed by atoms with van der Waals surface area (Å²) in [6.07, 6.45) is 56.1. The fourth-order valence-electron chi connectivity index (χ4n) is 13.0. The van der Waals surface area contributed by atoms with E-state index in [0.717, 1.165) is 70.5 Å². The Hall–Kier alpha value is -10.3. The molecule has 2 aromatic carbocycles. The molecule has 20 nitrogen and oxygen atoms in total. The molecule has 22 heteroatoms. The predicted octanol–water partition coefficient (Wildman–Crippen LogP) is 21.2. The Kier molecular flexibility index (Phi) is 45.7. The van der Waals surface area contributed by atoms with Gasteiger partial charge in [-0.15, -0.1) is 0 Å². The summed E-state index contributed by atoms with van der Waals surface area (Å²) in [6, 6.07) is 44.7. The number of rotatable bonds is 43. The molecule has 12 aromatic rings. The minimum absolute atomic E-state index is 0. The van der Waals surface area contributed by atoms with Gasteiger partial charge in [-0.2, -0.15) is 0 Å². The van der Waals surface area contributed by atoms with Crippen LogP contribution in [0, 0.1) is 0 Å². The number of hydrogen-bond donors (Lipinski definition) is 1. The molecule has 0 aliphatic rings. The van der Waals surface area contributed by atoms with Gasteiger partial charge in [0.2, 0.25) is 0 Å². The van der Waals surface area contributed by atoms with Crippen LogP contribution >= 0.6 is 0 Å². The minimum Gasteiger partial charge on any atom is -0.545 e. The maximum Gasteiger partial charge on any atom is 1.00 e. The van der Waals surface area contributed by atoms with Gasteiger partial charge in [0.1, 0.15) is 11.5 Å². The second-order valence-corrected chi connectivity index (χ2v) is 28.4. The number of carbonyl (C=O) groups excluding carboxylic acids is 3. The Morgan fingerprint density at radius 1 is 0.336 bits per heavy atom. The molecule has 0 atom stereocenters. The zero-order valence-corrected chi connectivity index (χ0v) is 71.1. The third-order valence-electron chi connectivity index (χ3n) is 19.3. The standard InChI is InChI=1S/2C28H44N2.C14H8N4.2C12H8N2O4.2Ru/c2*1-3-5-7-9-11-13-15-17-25-19-21-29-27(23-25)28-24-26(20-22-30-28)18-16-14-12-10-8-6-4-2;1-2-6-10-9(5-1)15-13(16-10)14-17-11-7-3-4-8-12(11)18-14;2*15-7-18-9-2-4-14-11(6-9)10-5-8(12(16)17)1-3-13-10;;/h2*19-24H,3-18H2,1-2H3;1-8H;2*1-7H,(H,16,17);;/q;;-2;;;2*+1/p-1. The van der Waals surface area contributed by atoms with Crippen molar-refractivity contribution < 1.29 is 77.8 Å². The summed E-state index contributed by atoms with van der Waals surface area (Å²) < 4.78 is 9.35. The molecule has 10 heterocycles. The third kappa shape index (κ3) is 34.6. The summed E-state index contributed by atoms with van der Waals surface area (Å²) >= 11 is 0. The first-order valence-electron chi connectivity index (χ1n) is 41.1. The fraction of sp³-hybridized carbons (Fsp3) is 0.383. The monoisotopic (exact) mass is 1740 g/mol. The average molecular weight is 1740 g/mol. The van der Waals surface area contributed by atoms with E-state index < -0.39 is 11.9 Å². The number of benzene rings is 2. The number of nitrogens with zero attached hydrogens (tertiary/aromatic N) is 12. The smallest absolute Gasteiger partial charge is 0.545 e. The van der Waals surface area contributed by atoms with Crippen LogP contribution < -0.4 is 24.5 Å². The Morgan fingerprint density at radius 2 is 0.595 bits per heavy atom. The van der Waals surface area contributed by atoms with Crippen molar-refractivity contribution in [3.05, 3.63) is 229 Å². The van der Waals surface area contributed by atoms with Crippen LogP contribution in [0.3, 0.4) is 0 Å². The first-order chi connectivity index (χ1) is 56.0. The molecule has 0 aliphatic heterocycles. The largest absolute Gasteiger partial charge is 1.00 e. The minimum atomic E-state index is -1.29. The predicted molar refractivity (Wildman–Crippen MR) is 450 cm³/mol. The van der Waals surface area contributed by atoms with Crippen LogP contribution in [-0.4, -0.2) is 79.8 Å². The molecule has 1 N–H and O–H groups in total. The summed E-state index contributed by atoms with van der Waals surface area (Å²) in [6.45, 7) is 9.72. The molecule has 612 valence electrons. The number of hydrogen-bond acceptors (Lipinski definition) is 17. The number of aryl methyl sites for hydroxylation is 4. The zero-order chi connectivity index (χ0) is 80.4. The number of carbonyl (C=O) groups is 4. The number of para-hydroxylation sites is 4. The van der Waals surface area contributed by atoms with E-state index in [1.165, 1.54) is 275 Å². The maximum atomic E-state index is 10.8. The van der Waals surface area contributed by atoms with Crippen LogP contribution in [0.5, 0.6) is 11.5 Å². The van der Waals surface area contributed by atoms with Crippen molar-refractivity contribution in [3.8, 4) is 68.7 Å². The summed E-state index contributed by atoms with van der Waals surface area (Å²) in [7, 11) is 0. The van der Waals surface area contributed by atoms with E-state index in [4.69, 9.17) is 5.11 Å². The molecule has 0 saturated carbocycles. The molecule has 2 radical (unpaired) electrons. The number of fused-ring (bicyclic) bond motifs is 2. The molecule has 0 amide bonds. The van der Waals surface area contributed by atoms with E-state index in [1.54, 1.807) is 0 Å². The summed E-state index contributed by atoms with van der Waals surface area (Å²) in [5, 5.41) is 19.6. The number of unbranched alkanes of at least 4 members (excludes halogenated alkanes) is 24. The van der Waals surface area contributed by atoms with E-state index >= 15 is 0 Å². The van der Waals surface area contributed by atoms with Crippen molar-refractivity contribution in [3.63, 3.8) is 0 Å². The zero-order valence-electron chi connectivity index (χ0n) is 67.6. The van der Waals surface area contributed by atoms with Gasteiger partial charge < -0.3 is 44.4 Å². The number of ether oxygens (including phenoxy) is 2.